The Kier molecular flexibility index (Phi) is 5.77. The molecule has 0 unspecified atom stereocenters. The zero-order chi connectivity index (χ0) is 17.7. The fourth-order valence-electron chi connectivity index (χ4n) is 1.90. The van der Waals surface area contributed by atoms with Crippen LogP contribution in [0.4, 0.5) is 18.9 Å². The Morgan fingerprint density at radius 3 is 2.17 bits per heavy atom. The minimum Gasteiger partial charge on any atom is -0.497 e. The molecule has 0 aliphatic heterocycles. The smallest absolute Gasteiger partial charge is 0.416 e. The molecular weight excluding hydrogens is 339 g/mol. The molecule has 1 N–H and O–H groups in total. The van der Waals surface area contributed by atoms with Crippen LogP contribution in [-0.2, 0) is 11.0 Å². The molecule has 0 fully saturated rings. The lowest BCUT2D eigenvalue weighted by molar-refractivity contribution is -0.137. The van der Waals surface area contributed by atoms with Crippen LogP contribution in [-0.4, -0.2) is 18.3 Å². The Balaban J connectivity index is 1.95. The van der Waals surface area contributed by atoms with Crippen LogP contribution in [0, 0.1) is 0 Å². The second-order valence-corrected chi connectivity index (χ2v) is 6.41. The van der Waals surface area contributed by atoms with Crippen LogP contribution in [0.2, 0.25) is 0 Å². The molecule has 128 valence electrons. The van der Waals surface area contributed by atoms with Gasteiger partial charge in [-0.05, 0) is 55.5 Å². The molecule has 0 aliphatic rings. The van der Waals surface area contributed by atoms with Crippen molar-refractivity contribution < 1.29 is 22.7 Å². The summed E-state index contributed by atoms with van der Waals surface area (Å²) in [5, 5.41) is 2.21. The van der Waals surface area contributed by atoms with Crippen molar-refractivity contribution in [1.82, 2.24) is 0 Å². The Hall–Kier alpha value is -2.15. The molecule has 0 aromatic heterocycles. The summed E-state index contributed by atoms with van der Waals surface area (Å²) in [5.41, 5.74) is -0.420. The number of thioether (sulfide) groups is 1. The highest BCUT2D eigenvalue weighted by Gasteiger charge is 2.30. The molecule has 1 amide bonds. The first-order chi connectivity index (χ1) is 11.3. The van der Waals surface area contributed by atoms with E-state index in [9.17, 15) is 18.0 Å². The third-order valence-corrected chi connectivity index (χ3v) is 4.33. The summed E-state index contributed by atoms with van der Waals surface area (Å²) in [6.45, 7) is 1.73. The molecular formula is C17H16F3NO2S. The zero-order valence-corrected chi connectivity index (χ0v) is 13.9. The molecule has 0 bridgehead atoms. The number of ether oxygens (including phenoxy) is 1. The normalized spacial score (nSPS) is 12.5. The van der Waals surface area contributed by atoms with Crippen LogP contribution in [0.25, 0.3) is 0 Å². The Morgan fingerprint density at radius 2 is 1.67 bits per heavy atom. The summed E-state index contributed by atoms with van der Waals surface area (Å²) in [5.74, 6) is 0.441. The van der Waals surface area contributed by atoms with E-state index < -0.39 is 17.0 Å². The number of amides is 1. The zero-order valence-electron chi connectivity index (χ0n) is 13.1. The van der Waals surface area contributed by atoms with Gasteiger partial charge in [-0.15, -0.1) is 11.8 Å². The number of benzene rings is 2. The molecule has 2 rings (SSSR count). The van der Waals surface area contributed by atoms with Gasteiger partial charge in [0.2, 0.25) is 5.91 Å². The number of hydrogen-bond acceptors (Lipinski definition) is 3. The minimum atomic E-state index is -4.39. The maximum absolute atomic E-state index is 12.5. The van der Waals surface area contributed by atoms with Gasteiger partial charge in [0.25, 0.3) is 0 Å². The van der Waals surface area contributed by atoms with Gasteiger partial charge >= 0.3 is 6.18 Å². The SMILES string of the molecule is COc1ccc(S[C@@H](C)C(=O)Nc2ccc(C(F)(F)F)cc2)cc1. The first-order valence-corrected chi connectivity index (χ1v) is 7.96. The van der Waals surface area contributed by atoms with E-state index in [1.54, 1.807) is 26.2 Å². The molecule has 1 atom stereocenters. The highest BCUT2D eigenvalue weighted by atomic mass is 32.2. The van der Waals surface area contributed by atoms with Crippen molar-refractivity contribution >= 4 is 23.4 Å². The van der Waals surface area contributed by atoms with Crippen LogP contribution in [0.15, 0.2) is 53.4 Å². The standard InChI is InChI=1S/C17H16F3NO2S/c1-11(24-15-9-7-14(23-2)8-10-15)16(22)21-13-5-3-12(4-6-13)17(18,19)20/h3-11H,1-2H3,(H,21,22)/t11-/m0/s1. The van der Waals surface area contributed by atoms with Crippen molar-refractivity contribution in [2.75, 3.05) is 12.4 Å². The lowest BCUT2D eigenvalue weighted by Gasteiger charge is -2.13. The van der Waals surface area contributed by atoms with Gasteiger partial charge in [0, 0.05) is 10.6 Å². The van der Waals surface area contributed by atoms with Gasteiger partial charge in [0.1, 0.15) is 5.75 Å². The monoisotopic (exact) mass is 355 g/mol. The third-order valence-electron chi connectivity index (χ3n) is 3.22. The Bertz CT molecular complexity index is 684. The predicted molar refractivity (Wildman–Crippen MR) is 88.4 cm³/mol. The molecule has 2 aromatic carbocycles. The number of hydrogen-bond donors (Lipinski definition) is 1. The van der Waals surface area contributed by atoms with E-state index in [2.05, 4.69) is 5.32 Å². The highest BCUT2D eigenvalue weighted by molar-refractivity contribution is 8.00. The van der Waals surface area contributed by atoms with Crippen molar-refractivity contribution in [3.8, 4) is 5.75 Å². The molecule has 0 heterocycles. The van der Waals surface area contributed by atoms with Gasteiger partial charge in [-0.3, -0.25) is 4.79 Å². The summed E-state index contributed by atoms with van der Waals surface area (Å²) in [6.07, 6.45) is -4.39. The molecule has 0 radical (unpaired) electrons. The summed E-state index contributed by atoms with van der Waals surface area (Å²) in [4.78, 5) is 13.0. The summed E-state index contributed by atoms with van der Waals surface area (Å²) in [6, 6.07) is 11.6. The lowest BCUT2D eigenvalue weighted by Crippen LogP contribution is -2.22. The van der Waals surface area contributed by atoms with Crippen LogP contribution in [0.1, 0.15) is 12.5 Å². The molecule has 0 saturated carbocycles. The number of nitrogens with one attached hydrogen (secondary N) is 1. The van der Waals surface area contributed by atoms with E-state index in [0.717, 1.165) is 22.8 Å². The van der Waals surface area contributed by atoms with Crippen molar-refractivity contribution in [3.63, 3.8) is 0 Å². The molecule has 24 heavy (non-hydrogen) atoms. The van der Waals surface area contributed by atoms with E-state index >= 15 is 0 Å². The first kappa shape index (κ1) is 18.2. The highest BCUT2D eigenvalue weighted by Crippen LogP contribution is 2.30. The Labute approximate surface area is 142 Å². The quantitative estimate of drug-likeness (QED) is 0.781. The van der Waals surface area contributed by atoms with Gasteiger partial charge in [-0.1, -0.05) is 0 Å². The van der Waals surface area contributed by atoms with E-state index in [-0.39, 0.29) is 5.91 Å². The van der Waals surface area contributed by atoms with Gasteiger partial charge in [0.05, 0.1) is 17.9 Å². The van der Waals surface area contributed by atoms with Crippen molar-refractivity contribution in [1.29, 1.82) is 0 Å². The van der Waals surface area contributed by atoms with Crippen LogP contribution < -0.4 is 10.1 Å². The van der Waals surface area contributed by atoms with Gasteiger partial charge in [-0.25, -0.2) is 0 Å². The number of methoxy groups -OCH3 is 1. The maximum Gasteiger partial charge on any atom is 0.416 e. The maximum atomic E-state index is 12.5. The average Bonchev–Trinajstić information content (AvgIpc) is 2.55. The molecule has 0 aliphatic carbocycles. The molecule has 0 saturated heterocycles. The number of carbonyl (C=O) groups excluding carboxylic acids is 1. The van der Waals surface area contributed by atoms with E-state index in [1.165, 1.54) is 23.9 Å². The average molecular weight is 355 g/mol. The van der Waals surface area contributed by atoms with Crippen LogP contribution >= 0.6 is 11.8 Å². The summed E-state index contributed by atoms with van der Waals surface area (Å²) < 4.78 is 42.6. The second kappa shape index (κ2) is 7.61. The minimum absolute atomic E-state index is 0.282. The number of alkyl halides is 3. The fourth-order valence-corrected chi connectivity index (χ4v) is 2.77. The largest absolute Gasteiger partial charge is 0.497 e. The van der Waals surface area contributed by atoms with Crippen molar-refractivity contribution in [3.05, 3.63) is 54.1 Å². The predicted octanol–water partition coefficient (Wildman–Crippen LogP) is 4.83. The van der Waals surface area contributed by atoms with Gasteiger partial charge < -0.3 is 10.1 Å². The topological polar surface area (TPSA) is 38.3 Å². The molecule has 2 aromatic rings. The van der Waals surface area contributed by atoms with Crippen molar-refractivity contribution in [2.24, 2.45) is 0 Å². The van der Waals surface area contributed by atoms with Crippen LogP contribution in [0.3, 0.4) is 0 Å². The molecule has 7 heteroatoms. The van der Waals surface area contributed by atoms with E-state index in [0.29, 0.717) is 5.69 Å². The number of anilines is 1. The summed E-state index contributed by atoms with van der Waals surface area (Å²) in [7, 11) is 1.57. The summed E-state index contributed by atoms with van der Waals surface area (Å²) >= 11 is 1.35. The van der Waals surface area contributed by atoms with E-state index in [1.807, 2.05) is 12.1 Å². The van der Waals surface area contributed by atoms with E-state index in [4.69, 9.17) is 4.74 Å². The number of halogens is 3. The number of rotatable bonds is 5. The first-order valence-electron chi connectivity index (χ1n) is 7.08. The second-order valence-electron chi connectivity index (χ2n) is 5.00. The molecule has 3 nitrogen and oxygen atoms in total. The van der Waals surface area contributed by atoms with Gasteiger partial charge in [0.15, 0.2) is 0 Å². The third kappa shape index (κ3) is 4.92. The van der Waals surface area contributed by atoms with Crippen molar-refractivity contribution in [2.45, 2.75) is 23.2 Å². The Morgan fingerprint density at radius 1 is 1.08 bits per heavy atom. The fraction of sp³-hybridized carbons (Fsp3) is 0.235. The van der Waals surface area contributed by atoms with Gasteiger partial charge in [-0.2, -0.15) is 13.2 Å². The molecule has 0 spiro atoms. The lowest BCUT2D eigenvalue weighted by atomic mass is 10.2. The number of carbonyl (C=O) groups is 1. The van der Waals surface area contributed by atoms with Crippen LogP contribution in [0.5, 0.6) is 5.75 Å².